The number of carbonyl (C=O) groups excluding carboxylic acids is 2. The van der Waals surface area contributed by atoms with Crippen molar-refractivity contribution in [2.24, 2.45) is 0 Å². The molecule has 3 rings (SSSR count). The molecule has 0 spiro atoms. The van der Waals surface area contributed by atoms with Crippen molar-refractivity contribution in [1.82, 2.24) is 9.97 Å². The van der Waals surface area contributed by atoms with Crippen LogP contribution >= 0.6 is 11.3 Å². The van der Waals surface area contributed by atoms with Gasteiger partial charge in [-0.05, 0) is 30.3 Å². The predicted molar refractivity (Wildman–Crippen MR) is 93.8 cm³/mol. The molecule has 0 aliphatic heterocycles. The lowest BCUT2D eigenvalue weighted by atomic mass is 10.2. The normalized spacial score (nSPS) is 10.4. The minimum atomic E-state index is -0.474. The van der Waals surface area contributed by atoms with Gasteiger partial charge < -0.3 is 14.5 Å². The molecule has 1 aromatic carbocycles. The van der Waals surface area contributed by atoms with Crippen LogP contribution in [0.1, 0.15) is 10.5 Å². The number of rotatable bonds is 6. The van der Waals surface area contributed by atoms with Crippen molar-refractivity contribution in [2.75, 3.05) is 19.0 Å². The van der Waals surface area contributed by atoms with Crippen LogP contribution < -0.4 is 10.1 Å². The number of H-pyrrole nitrogens is 1. The van der Waals surface area contributed by atoms with Crippen molar-refractivity contribution in [1.29, 1.82) is 0 Å². The standard InChI is InChI=1S/C17H14FN3O4S/c1-24-16(23)13-6-10(7-19-13)14-9-26-17(20-14)21-15(22)8-25-12-4-2-11(18)3-5-12/h2-7,9,19H,8H2,1H3,(H,20,21,22). The van der Waals surface area contributed by atoms with Gasteiger partial charge in [0.25, 0.3) is 5.91 Å². The van der Waals surface area contributed by atoms with Gasteiger partial charge in [0.05, 0.1) is 12.8 Å². The van der Waals surface area contributed by atoms with Gasteiger partial charge in [0, 0.05) is 17.1 Å². The number of hydrogen-bond donors (Lipinski definition) is 2. The molecule has 0 saturated heterocycles. The number of benzene rings is 1. The van der Waals surface area contributed by atoms with Gasteiger partial charge in [0.15, 0.2) is 11.7 Å². The van der Waals surface area contributed by atoms with E-state index in [0.717, 1.165) is 0 Å². The average molecular weight is 375 g/mol. The molecule has 0 aliphatic rings. The summed E-state index contributed by atoms with van der Waals surface area (Å²) in [4.78, 5) is 30.5. The number of aromatic nitrogens is 2. The monoisotopic (exact) mass is 375 g/mol. The van der Waals surface area contributed by atoms with Crippen molar-refractivity contribution >= 4 is 28.3 Å². The van der Waals surface area contributed by atoms with Crippen LogP contribution in [0.3, 0.4) is 0 Å². The molecule has 134 valence electrons. The number of nitrogens with zero attached hydrogens (tertiary/aromatic N) is 1. The van der Waals surface area contributed by atoms with Crippen LogP contribution in [-0.4, -0.2) is 35.6 Å². The van der Waals surface area contributed by atoms with Crippen LogP contribution in [0.4, 0.5) is 9.52 Å². The fourth-order valence-electron chi connectivity index (χ4n) is 2.07. The van der Waals surface area contributed by atoms with Crippen LogP contribution in [0.25, 0.3) is 11.3 Å². The Morgan fingerprint density at radius 2 is 2.08 bits per heavy atom. The van der Waals surface area contributed by atoms with E-state index >= 15 is 0 Å². The van der Waals surface area contributed by atoms with Crippen LogP contribution in [0.15, 0.2) is 41.9 Å². The molecule has 0 unspecified atom stereocenters. The molecule has 0 radical (unpaired) electrons. The minimum Gasteiger partial charge on any atom is -0.484 e. The third-order valence-corrected chi connectivity index (χ3v) is 4.08. The number of anilines is 1. The molecule has 2 heterocycles. The highest BCUT2D eigenvalue weighted by Crippen LogP contribution is 2.25. The zero-order valence-corrected chi connectivity index (χ0v) is 14.4. The van der Waals surface area contributed by atoms with Gasteiger partial charge in [0.2, 0.25) is 0 Å². The fourth-order valence-corrected chi connectivity index (χ4v) is 2.80. The van der Waals surface area contributed by atoms with Crippen LogP contribution in [-0.2, 0) is 9.53 Å². The molecule has 0 bridgehead atoms. The van der Waals surface area contributed by atoms with Crippen LogP contribution in [0, 0.1) is 5.82 Å². The summed E-state index contributed by atoms with van der Waals surface area (Å²) < 4.78 is 22.7. The molecular weight excluding hydrogens is 361 g/mol. The Kier molecular flexibility index (Phi) is 5.28. The highest BCUT2D eigenvalue weighted by atomic mass is 32.1. The minimum absolute atomic E-state index is 0.225. The molecule has 3 aromatic rings. The molecule has 0 aliphatic carbocycles. The van der Waals surface area contributed by atoms with Gasteiger partial charge >= 0.3 is 5.97 Å². The van der Waals surface area contributed by atoms with Crippen molar-refractivity contribution < 1.29 is 23.5 Å². The Morgan fingerprint density at radius 1 is 1.31 bits per heavy atom. The molecule has 0 atom stereocenters. The summed E-state index contributed by atoms with van der Waals surface area (Å²) in [7, 11) is 1.30. The van der Waals surface area contributed by atoms with Crippen LogP contribution in [0.2, 0.25) is 0 Å². The molecule has 0 saturated carbocycles. The Balaban J connectivity index is 1.57. The van der Waals surface area contributed by atoms with Gasteiger partial charge in [0.1, 0.15) is 17.3 Å². The van der Waals surface area contributed by atoms with Crippen molar-refractivity contribution in [2.45, 2.75) is 0 Å². The second-order valence-electron chi connectivity index (χ2n) is 5.12. The Morgan fingerprint density at radius 3 is 2.81 bits per heavy atom. The Bertz CT molecular complexity index is 920. The molecule has 0 fully saturated rings. The first-order valence-corrected chi connectivity index (χ1v) is 8.34. The Hall–Kier alpha value is -3.20. The third kappa shape index (κ3) is 4.25. The number of aromatic amines is 1. The number of methoxy groups -OCH3 is 1. The van der Waals surface area contributed by atoms with E-state index in [2.05, 4.69) is 20.0 Å². The van der Waals surface area contributed by atoms with Crippen molar-refractivity contribution in [3.05, 3.63) is 53.4 Å². The molecule has 9 heteroatoms. The first-order valence-electron chi connectivity index (χ1n) is 7.46. The summed E-state index contributed by atoms with van der Waals surface area (Å²) in [6, 6.07) is 6.99. The van der Waals surface area contributed by atoms with Gasteiger partial charge in [-0.1, -0.05) is 0 Å². The first-order chi connectivity index (χ1) is 12.5. The van der Waals surface area contributed by atoms with E-state index in [-0.39, 0.29) is 18.3 Å². The van der Waals surface area contributed by atoms with E-state index in [1.165, 1.54) is 42.7 Å². The van der Waals surface area contributed by atoms with Gasteiger partial charge in [-0.15, -0.1) is 11.3 Å². The first kappa shape index (κ1) is 17.6. The summed E-state index contributed by atoms with van der Waals surface area (Å²) in [6.45, 7) is -0.225. The summed E-state index contributed by atoms with van der Waals surface area (Å²) in [5.74, 6) is -0.848. The molecule has 7 nitrogen and oxygen atoms in total. The van der Waals surface area contributed by atoms with Gasteiger partial charge in [-0.2, -0.15) is 0 Å². The molecule has 1 amide bonds. The molecule has 2 N–H and O–H groups in total. The third-order valence-electron chi connectivity index (χ3n) is 3.32. The van der Waals surface area contributed by atoms with E-state index < -0.39 is 5.97 Å². The summed E-state index contributed by atoms with van der Waals surface area (Å²) >= 11 is 1.24. The topological polar surface area (TPSA) is 93.3 Å². The van der Waals surface area contributed by atoms with Gasteiger partial charge in [-0.3, -0.25) is 10.1 Å². The number of ether oxygens (including phenoxy) is 2. The van der Waals surface area contributed by atoms with Gasteiger partial charge in [-0.25, -0.2) is 14.2 Å². The second-order valence-corrected chi connectivity index (χ2v) is 5.98. The summed E-state index contributed by atoms with van der Waals surface area (Å²) in [5, 5.41) is 4.77. The highest BCUT2D eigenvalue weighted by Gasteiger charge is 2.13. The number of nitrogens with one attached hydrogen (secondary N) is 2. The SMILES string of the molecule is COC(=O)c1cc(-c2csc(NC(=O)COc3ccc(F)cc3)n2)c[nH]1. The molecular formula is C17H14FN3O4S. The van der Waals surface area contributed by atoms with E-state index in [1.807, 2.05) is 0 Å². The lowest BCUT2D eigenvalue weighted by Gasteiger charge is -2.05. The number of amides is 1. The fraction of sp³-hybridized carbons (Fsp3) is 0.118. The van der Waals surface area contributed by atoms with E-state index in [0.29, 0.717) is 27.8 Å². The zero-order valence-electron chi connectivity index (χ0n) is 13.6. The number of halogens is 1. The largest absolute Gasteiger partial charge is 0.484 e. The second kappa shape index (κ2) is 7.79. The van der Waals surface area contributed by atoms with E-state index in [9.17, 15) is 14.0 Å². The van der Waals surface area contributed by atoms with Crippen molar-refractivity contribution in [3.63, 3.8) is 0 Å². The summed E-state index contributed by atoms with van der Waals surface area (Å²) in [5.41, 5.74) is 1.62. The van der Waals surface area contributed by atoms with Crippen LogP contribution in [0.5, 0.6) is 5.75 Å². The predicted octanol–water partition coefficient (Wildman–Crippen LogP) is 3.08. The molecule has 26 heavy (non-hydrogen) atoms. The van der Waals surface area contributed by atoms with E-state index in [4.69, 9.17) is 4.74 Å². The Labute approximate surface area is 151 Å². The van der Waals surface area contributed by atoms with Crippen molar-refractivity contribution in [3.8, 4) is 17.0 Å². The lowest BCUT2D eigenvalue weighted by molar-refractivity contribution is -0.118. The maximum absolute atomic E-state index is 12.8. The maximum atomic E-state index is 12.8. The smallest absolute Gasteiger partial charge is 0.354 e. The summed E-state index contributed by atoms with van der Waals surface area (Å²) in [6.07, 6.45) is 1.63. The highest BCUT2D eigenvalue weighted by molar-refractivity contribution is 7.14. The number of hydrogen-bond acceptors (Lipinski definition) is 6. The quantitative estimate of drug-likeness (QED) is 0.646. The molecule has 2 aromatic heterocycles. The zero-order chi connectivity index (χ0) is 18.5. The number of esters is 1. The maximum Gasteiger partial charge on any atom is 0.354 e. The lowest BCUT2D eigenvalue weighted by Crippen LogP contribution is -2.20. The van der Waals surface area contributed by atoms with E-state index in [1.54, 1.807) is 17.6 Å². The number of carbonyl (C=O) groups is 2. The number of thiazole rings is 1. The average Bonchev–Trinajstić information content (AvgIpc) is 3.30.